The predicted molar refractivity (Wildman–Crippen MR) is 78.9 cm³/mol. The third-order valence-electron chi connectivity index (χ3n) is 3.76. The van der Waals surface area contributed by atoms with Gasteiger partial charge in [0.2, 0.25) is 0 Å². The van der Waals surface area contributed by atoms with Gasteiger partial charge in [-0.3, -0.25) is 0 Å². The fraction of sp³-hybridized carbons (Fsp3) is 0.667. The molecular weight excluding hydrogens is 240 g/mol. The monoisotopic (exact) mass is 264 g/mol. The van der Waals surface area contributed by atoms with Crippen LogP contribution in [0.25, 0.3) is 0 Å². The second-order valence-electron chi connectivity index (χ2n) is 5.29. The first-order valence-electron chi connectivity index (χ1n) is 7.09. The Morgan fingerprint density at radius 3 is 2.89 bits per heavy atom. The molecule has 1 unspecified atom stereocenters. The highest BCUT2D eigenvalue weighted by atomic mass is 32.2. The summed E-state index contributed by atoms with van der Waals surface area (Å²) in [4.78, 5) is 4.87. The van der Waals surface area contributed by atoms with Gasteiger partial charge in [0, 0.05) is 18.0 Å². The van der Waals surface area contributed by atoms with E-state index < -0.39 is 0 Å². The fourth-order valence-electron chi connectivity index (χ4n) is 2.27. The van der Waals surface area contributed by atoms with Crippen molar-refractivity contribution in [3.05, 3.63) is 22.9 Å². The molecule has 2 rings (SSSR count). The zero-order chi connectivity index (χ0) is 13.0. The van der Waals surface area contributed by atoms with Crippen LogP contribution in [0.5, 0.6) is 0 Å². The van der Waals surface area contributed by atoms with Crippen LogP contribution >= 0.6 is 11.8 Å². The highest BCUT2D eigenvalue weighted by Crippen LogP contribution is 2.28. The number of aryl methyl sites for hydroxylation is 2. The van der Waals surface area contributed by atoms with E-state index in [-0.39, 0.29) is 0 Å². The van der Waals surface area contributed by atoms with E-state index in [1.807, 2.05) is 11.8 Å². The van der Waals surface area contributed by atoms with Crippen LogP contribution in [0.4, 0.5) is 0 Å². The minimum Gasteiger partial charge on any atom is -0.326 e. The minimum absolute atomic E-state index is 0.614. The van der Waals surface area contributed by atoms with Crippen LogP contribution < -0.4 is 5.73 Å². The third kappa shape index (κ3) is 3.27. The molecule has 0 amide bonds. The largest absolute Gasteiger partial charge is 0.326 e. The predicted octanol–water partition coefficient (Wildman–Crippen LogP) is 3.56. The Morgan fingerprint density at radius 1 is 1.39 bits per heavy atom. The lowest BCUT2D eigenvalue weighted by Crippen LogP contribution is -2.10. The molecule has 0 fully saturated rings. The first kappa shape index (κ1) is 13.9. The number of fused-ring (bicyclic) bond motifs is 1. The number of aromatic nitrogens is 1. The average Bonchev–Trinajstić information content (AvgIpc) is 2.43. The lowest BCUT2D eigenvalue weighted by Gasteiger charge is -2.18. The summed E-state index contributed by atoms with van der Waals surface area (Å²) in [6, 6.07) is 2.31. The summed E-state index contributed by atoms with van der Waals surface area (Å²) in [7, 11) is 0. The quantitative estimate of drug-likeness (QED) is 0.827. The lowest BCUT2D eigenvalue weighted by atomic mass is 9.95. The normalized spacial score (nSPS) is 16.4. The molecule has 1 aliphatic carbocycles. The number of thioether (sulfide) groups is 1. The van der Waals surface area contributed by atoms with Crippen LogP contribution in [-0.2, 0) is 19.4 Å². The summed E-state index contributed by atoms with van der Waals surface area (Å²) in [5.74, 6) is 1.90. The molecule has 0 saturated heterocycles. The van der Waals surface area contributed by atoms with E-state index in [1.165, 1.54) is 47.5 Å². The maximum atomic E-state index is 5.87. The Morgan fingerprint density at radius 2 is 2.17 bits per heavy atom. The molecule has 100 valence electrons. The number of hydrogen-bond acceptors (Lipinski definition) is 3. The van der Waals surface area contributed by atoms with Crippen molar-refractivity contribution in [2.75, 3.05) is 5.75 Å². The highest BCUT2D eigenvalue weighted by Gasteiger charge is 2.15. The van der Waals surface area contributed by atoms with Gasteiger partial charge in [0.05, 0.1) is 0 Å². The Kier molecular flexibility index (Phi) is 5.07. The number of pyridine rings is 1. The first-order valence-corrected chi connectivity index (χ1v) is 8.07. The molecule has 0 spiro atoms. The Bertz CT molecular complexity index is 404. The summed E-state index contributed by atoms with van der Waals surface area (Å²) in [5, 5.41) is 1.18. The molecule has 1 atom stereocenters. The third-order valence-corrected chi connectivity index (χ3v) is 5.12. The van der Waals surface area contributed by atoms with E-state index >= 15 is 0 Å². The van der Waals surface area contributed by atoms with Gasteiger partial charge >= 0.3 is 0 Å². The SMILES string of the molecule is CCC(C)CSc1nc2c(cc1CN)CCCC2. The number of nitrogens with two attached hydrogens (primary N) is 1. The molecule has 2 nitrogen and oxygen atoms in total. The van der Waals surface area contributed by atoms with Crippen LogP contribution in [0, 0.1) is 5.92 Å². The standard InChI is InChI=1S/C15H24N2S/c1-3-11(2)10-18-15-13(9-16)8-12-6-4-5-7-14(12)17-15/h8,11H,3-7,9-10,16H2,1-2H3. The van der Waals surface area contributed by atoms with Crippen molar-refractivity contribution in [2.24, 2.45) is 11.7 Å². The Balaban J connectivity index is 2.17. The smallest absolute Gasteiger partial charge is 0.101 e. The summed E-state index contributed by atoms with van der Waals surface area (Å²) in [6.07, 6.45) is 6.16. The van der Waals surface area contributed by atoms with Crippen LogP contribution in [0.2, 0.25) is 0 Å². The van der Waals surface area contributed by atoms with Gasteiger partial charge < -0.3 is 5.73 Å². The van der Waals surface area contributed by atoms with E-state index in [1.54, 1.807) is 0 Å². The molecule has 1 heterocycles. The lowest BCUT2D eigenvalue weighted by molar-refractivity contribution is 0.634. The van der Waals surface area contributed by atoms with Crippen LogP contribution in [-0.4, -0.2) is 10.7 Å². The second-order valence-corrected chi connectivity index (χ2v) is 6.30. The van der Waals surface area contributed by atoms with Gasteiger partial charge in [0.15, 0.2) is 0 Å². The number of hydrogen-bond donors (Lipinski definition) is 1. The van der Waals surface area contributed by atoms with Crippen LogP contribution in [0.1, 0.15) is 49.9 Å². The topological polar surface area (TPSA) is 38.9 Å². The molecule has 1 aromatic rings. The van der Waals surface area contributed by atoms with Gasteiger partial charge in [0.1, 0.15) is 5.03 Å². The van der Waals surface area contributed by atoms with Crippen molar-refractivity contribution in [3.8, 4) is 0 Å². The van der Waals surface area contributed by atoms with Crippen molar-refractivity contribution in [1.29, 1.82) is 0 Å². The van der Waals surface area contributed by atoms with E-state index in [0.717, 1.165) is 18.1 Å². The van der Waals surface area contributed by atoms with E-state index in [9.17, 15) is 0 Å². The molecule has 0 aromatic carbocycles. The van der Waals surface area contributed by atoms with Crippen molar-refractivity contribution < 1.29 is 0 Å². The Hall–Kier alpha value is -0.540. The maximum absolute atomic E-state index is 5.87. The minimum atomic E-state index is 0.614. The zero-order valence-corrected chi connectivity index (χ0v) is 12.4. The van der Waals surface area contributed by atoms with Crippen molar-refractivity contribution in [2.45, 2.75) is 57.5 Å². The van der Waals surface area contributed by atoms with Gasteiger partial charge in [-0.15, -0.1) is 11.8 Å². The molecule has 1 aliphatic rings. The summed E-state index contributed by atoms with van der Waals surface area (Å²) >= 11 is 1.89. The van der Waals surface area contributed by atoms with Crippen molar-refractivity contribution in [3.63, 3.8) is 0 Å². The molecule has 0 aliphatic heterocycles. The molecule has 3 heteroatoms. The Labute approximate surface area is 115 Å². The van der Waals surface area contributed by atoms with Gasteiger partial charge in [-0.05, 0) is 42.7 Å². The summed E-state index contributed by atoms with van der Waals surface area (Å²) in [5.41, 5.74) is 9.87. The molecule has 0 radical (unpaired) electrons. The summed E-state index contributed by atoms with van der Waals surface area (Å²) < 4.78 is 0. The van der Waals surface area contributed by atoms with Gasteiger partial charge in [-0.2, -0.15) is 0 Å². The van der Waals surface area contributed by atoms with Gasteiger partial charge in [-0.1, -0.05) is 26.3 Å². The molecule has 0 bridgehead atoms. The molecular formula is C15H24N2S. The van der Waals surface area contributed by atoms with E-state index in [4.69, 9.17) is 10.7 Å². The van der Waals surface area contributed by atoms with E-state index in [0.29, 0.717) is 6.54 Å². The molecule has 1 aromatic heterocycles. The molecule has 0 saturated carbocycles. The van der Waals surface area contributed by atoms with E-state index in [2.05, 4.69) is 19.9 Å². The van der Waals surface area contributed by atoms with Crippen molar-refractivity contribution >= 4 is 11.8 Å². The number of rotatable bonds is 5. The highest BCUT2D eigenvalue weighted by molar-refractivity contribution is 7.99. The summed E-state index contributed by atoms with van der Waals surface area (Å²) in [6.45, 7) is 5.16. The number of nitrogens with zero attached hydrogens (tertiary/aromatic N) is 1. The van der Waals surface area contributed by atoms with Gasteiger partial charge in [-0.25, -0.2) is 4.98 Å². The zero-order valence-electron chi connectivity index (χ0n) is 11.5. The maximum Gasteiger partial charge on any atom is 0.101 e. The van der Waals surface area contributed by atoms with Gasteiger partial charge in [0.25, 0.3) is 0 Å². The van der Waals surface area contributed by atoms with Crippen LogP contribution in [0.3, 0.4) is 0 Å². The second kappa shape index (κ2) is 6.58. The first-order chi connectivity index (χ1) is 8.74. The molecule has 18 heavy (non-hydrogen) atoms. The van der Waals surface area contributed by atoms with Crippen LogP contribution in [0.15, 0.2) is 11.1 Å². The fourth-order valence-corrected chi connectivity index (χ4v) is 3.45. The molecule has 2 N–H and O–H groups in total. The average molecular weight is 264 g/mol. The van der Waals surface area contributed by atoms with Crippen molar-refractivity contribution in [1.82, 2.24) is 4.98 Å².